The maximum Gasteiger partial charge on any atom is 0.409 e. The lowest BCUT2D eigenvalue weighted by atomic mass is 10.1. The summed E-state index contributed by atoms with van der Waals surface area (Å²) in [6.45, 7) is 4.65. The molecule has 0 aromatic carbocycles. The Labute approximate surface area is 137 Å². The van der Waals surface area contributed by atoms with Crippen molar-refractivity contribution in [3.8, 4) is 0 Å². The monoisotopic (exact) mass is 311 g/mol. The average molecular weight is 312 g/mol. The Morgan fingerprint density at radius 2 is 1.23 bits per heavy atom. The van der Waals surface area contributed by atoms with Gasteiger partial charge in [-0.2, -0.15) is 0 Å². The number of carbonyl (C=O) groups is 1. The molecule has 0 saturated carbocycles. The van der Waals surface area contributed by atoms with E-state index in [0.29, 0.717) is 6.61 Å². The molecule has 1 fully saturated rings. The molecular formula is C19H37NO2. The molecule has 0 unspecified atom stereocenters. The van der Waals surface area contributed by atoms with Crippen LogP contribution < -0.4 is 0 Å². The van der Waals surface area contributed by atoms with Gasteiger partial charge in [-0.3, -0.25) is 0 Å². The van der Waals surface area contributed by atoms with E-state index in [1.54, 1.807) is 0 Å². The molecule has 0 spiro atoms. The van der Waals surface area contributed by atoms with Gasteiger partial charge < -0.3 is 9.64 Å². The first-order valence-corrected chi connectivity index (χ1v) is 9.76. The molecule has 3 nitrogen and oxygen atoms in total. The number of hydrogen-bond donors (Lipinski definition) is 0. The molecule has 1 aliphatic rings. The lowest BCUT2D eigenvalue weighted by Gasteiger charge is -2.14. The van der Waals surface area contributed by atoms with Crippen LogP contribution in [0.4, 0.5) is 4.79 Å². The second-order valence-corrected chi connectivity index (χ2v) is 6.70. The summed E-state index contributed by atoms with van der Waals surface area (Å²) in [6.07, 6.45) is 18.2. The van der Waals surface area contributed by atoms with E-state index in [4.69, 9.17) is 4.74 Å². The van der Waals surface area contributed by atoms with Gasteiger partial charge in [0.2, 0.25) is 0 Å². The fourth-order valence-corrected chi connectivity index (χ4v) is 3.09. The second kappa shape index (κ2) is 13.9. The van der Waals surface area contributed by atoms with Gasteiger partial charge in [0, 0.05) is 13.1 Å². The van der Waals surface area contributed by atoms with Gasteiger partial charge >= 0.3 is 6.09 Å². The molecule has 0 aliphatic carbocycles. The zero-order chi connectivity index (χ0) is 15.9. The highest BCUT2D eigenvalue weighted by Gasteiger charge is 2.18. The van der Waals surface area contributed by atoms with E-state index in [1.165, 1.54) is 70.6 Å². The maximum absolute atomic E-state index is 11.7. The Morgan fingerprint density at radius 3 is 1.73 bits per heavy atom. The van der Waals surface area contributed by atoms with E-state index in [-0.39, 0.29) is 6.09 Å². The minimum Gasteiger partial charge on any atom is -0.449 e. The number of rotatable bonds is 13. The molecule has 0 atom stereocenters. The van der Waals surface area contributed by atoms with Crippen LogP contribution in [0.15, 0.2) is 0 Å². The number of nitrogens with zero attached hydrogens (tertiary/aromatic N) is 1. The van der Waals surface area contributed by atoms with Gasteiger partial charge in [-0.1, -0.05) is 77.6 Å². The van der Waals surface area contributed by atoms with Gasteiger partial charge in [-0.05, 0) is 19.3 Å². The van der Waals surface area contributed by atoms with E-state index < -0.39 is 0 Å². The van der Waals surface area contributed by atoms with Crippen molar-refractivity contribution in [1.29, 1.82) is 0 Å². The van der Waals surface area contributed by atoms with E-state index in [9.17, 15) is 4.79 Å². The highest BCUT2D eigenvalue weighted by atomic mass is 16.6. The van der Waals surface area contributed by atoms with Crippen LogP contribution in [0.5, 0.6) is 0 Å². The summed E-state index contributed by atoms with van der Waals surface area (Å²) < 4.78 is 5.30. The number of amides is 1. The van der Waals surface area contributed by atoms with Crippen molar-refractivity contribution in [2.24, 2.45) is 0 Å². The minimum atomic E-state index is -0.0967. The van der Waals surface area contributed by atoms with E-state index in [0.717, 1.165) is 32.4 Å². The molecule has 1 saturated heterocycles. The Balaban J connectivity index is 1.73. The van der Waals surface area contributed by atoms with Crippen LogP contribution >= 0.6 is 0 Å². The maximum atomic E-state index is 11.7. The lowest BCUT2D eigenvalue weighted by molar-refractivity contribution is 0.109. The van der Waals surface area contributed by atoms with Crippen LogP contribution in [0.25, 0.3) is 0 Å². The molecule has 0 aromatic heterocycles. The number of unbranched alkanes of at least 4 members (excludes halogenated alkanes) is 11. The Bertz CT molecular complexity index is 262. The summed E-state index contributed by atoms with van der Waals surface area (Å²) in [6, 6.07) is 0. The molecule has 0 radical (unpaired) electrons. The Kier molecular flexibility index (Phi) is 12.2. The number of ether oxygens (including phenoxy) is 1. The number of carbonyl (C=O) groups excluding carboxylic acids is 1. The summed E-state index contributed by atoms with van der Waals surface area (Å²) in [4.78, 5) is 13.5. The van der Waals surface area contributed by atoms with Crippen LogP contribution in [-0.4, -0.2) is 30.7 Å². The predicted octanol–water partition coefficient (Wildman–Crippen LogP) is 5.92. The van der Waals surface area contributed by atoms with Gasteiger partial charge in [0.25, 0.3) is 0 Å². The summed E-state index contributed by atoms with van der Waals surface area (Å²) >= 11 is 0. The first-order chi connectivity index (χ1) is 10.8. The van der Waals surface area contributed by atoms with Crippen LogP contribution in [-0.2, 0) is 4.74 Å². The van der Waals surface area contributed by atoms with Gasteiger partial charge in [-0.25, -0.2) is 4.79 Å². The summed E-state index contributed by atoms with van der Waals surface area (Å²) in [7, 11) is 0. The first-order valence-electron chi connectivity index (χ1n) is 9.76. The SMILES string of the molecule is CCCCCCCCCCCCCCOC(=O)N1CCCC1. The van der Waals surface area contributed by atoms with Crippen molar-refractivity contribution in [3.05, 3.63) is 0 Å². The first kappa shape index (κ1) is 19.3. The minimum absolute atomic E-state index is 0.0967. The third kappa shape index (κ3) is 10.1. The molecule has 22 heavy (non-hydrogen) atoms. The van der Waals surface area contributed by atoms with E-state index in [1.807, 2.05) is 4.90 Å². The number of likely N-dealkylation sites (tertiary alicyclic amines) is 1. The average Bonchev–Trinajstić information content (AvgIpc) is 3.06. The van der Waals surface area contributed by atoms with Crippen LogP contribution in [0, 0.1) is 0 Å². The normalized spacial score (nSPS) is 14.5. The molecule has 130 valence electrons. The van der Waals surface area contributed by atoms with Crippen molar-refractivity contribution in [1.82, 2.24) is 4.90 Å². The zero-order valence-corrected chi connectivity index (χ0v) is 14.8. The Hall–Kier alpha value is -0.730. The molecular weight excluding hydrogens is 274 g/mol. The quantitative estimate of drug-likeness (QED) is 0.395. The largest absolute Gasteiger partial charge is 0.449 e. The molecule has 0 aromatic rings. The van der Waals surface area contributed by atoms with Crippen LogP contribution in [0.3, 0.4) is 0 Å². The summed E-state index contributed by atoms with van der Waals surface area (Å²) in [5.74, 6) is 0. The van der Waals surface area contributed by atoms with Crippen molar-refractivity contribution >= 4 is 6.09 Å². The van der Waals surface area contributed by atoms with E-state index in [2.05, 4.69) is 6.92 Å². The standard InChI is InChI=1S/C19H37NO2/c1-2-3-4-5-6-7-8-9-10-11-12-15-18-22-19(21)20-16-13-14-17-20/h2-18H2,1H3. The fourth-order valence-electron chi connectivity index (χ4n) is 3.09. The summed E-state index contributed by atoms with van der Waals surface area (Å²) in [5.41, 5.74) is 0. The van der Waals surface area contributed by atoms with Crippen molar-refractivity contribution < 1.29 is 9.53 Å². The van der Waals surface area contributed by atoms with E-state index >= 15 is 0 Å². The molecule has 1 amide bonds. The molecule has 1 rings (SSSR count). The number of hydrogen-bond acceptors (Lipinski definition) is 2. The van der Waals surface area contributed by atoms with Gasteiger partial charge in [0.05, 0.1) is 6.61 Å². The molecule has 0 N–H and O–H groups in total. The van der Waals surface area contributed by atoms with Gasteiger partial charge in [0.1, 0.15) is 0 Å². The third-order valence-electron chi connectivity index (χ3n) is 4.59. The predicted molar refractivity (Wildman–Crippen MR) is 93.2 cm³/mol. The van der Waals surface area contributed by atoms with Crippen LogP contribution in [0.1, 0.15) is 96.8 Å². The third-order valence-corrected chi connectivity index (χ3v) is 4.59. The van der Waals surface area contributed by atoms with Crippen molar-refractivity contribution in [3.63, 3.8) is 0 Å². The molecule has 3 heteroatoms. The Morgan fingerprint density at radius 1 is 0.773 bits per heavy atom. The molecule has 0 bridgehead atoms. The van der Waals surface area contributed by atoms with Gasteiger partial charge in [0.15, 0.2) is 0 Å². The zero-order valence-electron chi connectivity index (χ0n) is 14.8. The van der Waals surface area contributed by atoms with Gasteiger partial charge in [-0.15, -0.1) is 0 Å². The smallest absolute Gasteiger partial charge is 0.409 e. The lowest BCUT2D eigenvalue weighted by Crippen LogP contribution is -2.28. The molecule has 1 heterocycles. The topological polar surface area (TPSA) is 29.5 Å². The second-order valence-electron chi connectivity index (χ2n) is 6.70. The fraction of sp³-hybridized carbons (Fsp3) is 0.947. The van der Waals surface area contributed by atoms with Crippen molar-refractivity contribution in [2.45, 2.75) is 96.8 Å². The van der Waals surface area contributed by atoms with Crippen molar-refractivity contribution in [2.75, 3.05) is 19.7 Å². The highest BCUT2D eigenvalue weighted by molar-refractivity contribution is 5.67. The molecule has 1 aliphatic heterocycles. The van der Waals surface area contributed by atoms with Crippen LogP contribution in [0.2, 0.25) is 0 Å². The summed E-state index contributed by atoms with van der Waals surface area (Å²) in [5, 5.41) is 0. The highest BCUT2D eigenvalue weighted by Crippen LogP contribution is 2.12.